The summed E-state index contributed by atoms with van der Waals surface area (Å²) < 4.78 is 0. The van der Waals surface area contributed by atoms with Crippen molar-refractivity contribution in [2.24, 2.45) is 0 Å². The molecule has 5 rings (SSSR count). The summed E-state index contributed by atoms with van der Waals surface area (Å²) >= 11 is 7.43. The summed E-state index contributed by atoms with van der Waals surface area (Å²) in [7, 11) is 0. The van der Waals surface area contributed by atoms with E-state index in [1.54, 1.807) is 9.80 Å². The maximum atomic E-state index is 13.4. The third-order valence-electron chi connectivity index (χ3n) is 6.63. The average Bonchev–Trinajstić information content (AvgIpc) is 3.40. The van der Waals surface area contributed by atoms with Crippen LogP contribution in [0.25, 0.3) is 0 Å². The Morgan fingerprint density at radius 3 is 2.38 bits per heavy atom. The monoisotopic (exact) mass is 498 g/mol. The number of para-hydroxylation sites is 1. The fourth-order valence-corrected chi connectivity index (χ4v) is 6.13. The molecule has 2 saturated heterocycles. The summed E-state index contributed by atoms with van der Waals surface area (Å²) in [4.78, 5) is 47.9. The zero-order valence-corrected chi connectivity index (χ0v) is 20.4. The number of anilines is 2. The zero-order valence-electron chi connectivity index (χ0n) is 18.9. The molecule has 34 heavy (non-hydrogen) atoms. The molecule has 3 heterocycles. The molecule has 0 N–H and O–H groups in total. The van der Waals surface area contributed by atoms with E-state index in [1.807, 2.05) is 48.5 Å². The van der Waals surface area contributed by atoms with Gasteiger partial charge < -0.3 is 19.6 Å². The number of carbonyl (C=O) groups is 3. The summed E-state index contributed by atoms with van der Waals surface area (Å²) in [5.41, 5.74) is 1.74. The van der Waals surface area contributed by atoms with Crippen LogP contribution in [0.4, 0.5) is 11.4 Å². The molecule has 3 aliphatic heterocycles. The maximum absolute atomic E-state index is 13.4. The van der Waals surface area contributed by atoms with E-state index in [1.165, 1.54) is 16.7 Å². The van der Waals surface area contributed by atoms with E-state index in [2.05, 4.69) is 4.90 Å². The van der Waals surface area contributed by atoms with Crippen molar-refractivity contribution in [3.8, 4) is 0 Å². The molecule has 0 bridgehead atoms. The van der Waals surface area contributed by atoms with Crippen LogP contribution in [0.5, 0.6) is 0 Å². The summed E-state index contributed by atoms with van der Waals surface area (Å²) in [5.74, 6) is -0.547. The molecule has 3 aliphatic rings. The number of thioether (sulfide) groups is 1. The van der Waals surface area contributed by atoms with Crippen molar-refractivity contribution in [1.82, 2.24) is 9.80 Å². The van der Waals surface area contributed by atoms with Gasteiger partial charge in [0.1, 0.15) is 6.54 Å². The highest BCUT2D eigenvalue weighted by molar-refractivity contribution is 8.01. The number of likely N-dealkylation sites (tertiary alicyclic amines) is 1. The van der Waals surface area contributed by atoms with E-state index in [0.717, 1.165) is 23.4 Å². The molecule has 3 amide bonds. The van der Waals surface area contributed by atoms with Gasteiger partial charge in [-0.3, -0.25) is 14.4 Å². The van der Waals surface area contributed by atoms with Gasteiger partial charge in [0.05, 0.1) is 5.69 Å². The van der Waals surface area contributed by atoms with Crippen LogP contribution in [0, 0.1) is 0 Å². The lowest BCUT2D eigenvalue weighted by Gasteiger charge is -2.38. The molecule has 0 radical (unpaired) electrons. The molecule has 0 saturated carbocycles. The number of hydrogen-bond donors (Lipinski definition) is 0. The van der Waals surface area contributed by atoms with E-state index in [-0.39, 0.29) is 24.3 Å². The first-order valence-corrected chi connectivity index (χ1v) is 12.9. The van der Waals surface area contributed by atoms with Crippen LogP contribution in [0.3, 0.4) is 0 Å². The Bertz CT molecular complexity index is 1100. The van der Waals surface area contributed by atoms with Crippen molar-refractivity contribution in [3.05, 3.63) is 53.6 Å². The minimum Gasteiger partial charge on any atom is -0.368 e. The molecular weight excluding hydrogens is 472 g/mol. The van der Waals surface area contributed by atoms with Crippen LogP contribution in [0.2, 0.25) is 5.02 Å². The molecule has 2 fully saturated rings. The van der Waals surface area contributed by atoms with Crippen LogP contribution >= 0.6 is 23.4 Å². The van der Waals surface area contributed by atoms with E-state index >= 15 is 0 Å². The second kappa shape index (κ2) is 9.88. The van der Waals surface area contributed by atoms with Gasteiger partial charge in [-0.15, -0.1) is 11.8 Å². The number of piperazine rings is 1. The summed E-state index contributed by atoms with van der Waals surface area (Å²) in [5, 5.41) is -0.144. The maximum Gasteiger partial charge on any atom is 0.250 e. The first-order valence-electron chi connectivity index (χ1n) is 11.7. The normalized spacial score (nSPS) is 20.5. The van der Waals surface area contributed by atoms with E-state index < -0.39 is 5.25 Å². The van der Waals surface area contributed by atoms with Gasteiger partial charge in [0.25, 0.3) is 5.91 Å². The largest absolute Gasteiger partial charge is 0.368 e. The molecule has 0 spiro atoms. The smallest absolute Gasteiger partial charge is 0.250 e. The molecule has 0 aliphatic carbocycles. The third kappa shape index (κ3) is 4.61. The molecule has 0 aromatic heterocycles. The van der Waals surface area contributed by atoms with Crippen molar-refractivity contribution >= 4 is 52.5 Å². The molecule has 1 unspecified atom stereocenters. The Morgan fingerprint density at radius 2 is 1.65 bits per heavy atom. The topological polar surface area (TPSA) is 64.2 Å². The quantitative estimate of drug-likeness (QED) is 0.606. The minimum atomic E-state index is -0.833. The molecule has 2 aromatic rings. The van der Waals surface area contributed by atoms with Gasteiger partial charge in [0.15, 0.2) is 5.25 Å². The fourth-order valence-electron chi connectivity index (χ4n) is 4.76. The summed E-state index contributed by atoms with van der Waals surface area (Å²) in [6.07, 6.45) is 1.94. The first-order chi connectivity index (χ1) is 16.5. The van der Waals surface area contributed by atoms with Crippen LogP contribution in [-0.2, 0) is 14.4 Å². The highest BCUT2D eigenvalue weighted by Gasteiger charge is 2.41. The van der Waals surface area contributed by atoms with Crippen molar-refractivity contribution in [3.63, 3.8) is 0 Å². The number of hydrogen-bond acceptors (Lipinski definition) is 5. The molecule has 2 aromatic carbocycles. The van der Waals surface area contributed by atoms with Crippen molar-refractivity contribution in [2.75, 3.05) is 55.6 Å². The van der Waals surface area contributed by atoms with E-state index in [9.17, 15) is 14.4 Å². The average molecular weight is 499 g/mol. The van der Waals surface area contributed by atoms with Crippen molar-refractivity contribution in [1.29, 1.82) is 0 Å². The summed E-state index contributed by atoms with van der Waals surface area (Å²) in [6, 6.07) is 15.2. The second-order valence-corrected chi connectivity index (χ2v) is 10.4. The zero-order chi connectivity index (χ0) is 23.7. The number of amides is 3. The number of benzene rings is 2. The van der Waals surface area contributed by atoms with Gasteiger partial charge in [0.2, 0.25) is 11.8 Å². The van der Waals surface area contributed by atoms with Crippen molar-refractivity contribution in [2.45, 2.75) is 23.0 Å². The number of carbonyl (C=O) groups excluding carboxylic acids is 3. The predicted octanol–water partition coefficient (Wildman–Crippen LogP) is 3.12. The van der Waals surface area contributed by atoms with Crippen LogP contribution in [0.15, 0.2) is 53.4 Å². The number of halogens is 1. The van der Waals surface area contributed by atoms with Gasteiger partial charge >= 0.3 is 0 Å². The number of rotatable bonds is 4. The number of fused-ring (bicyclic) bond motifs is 1. The Morgan fingerprint density at radius 1 is 0.912 bits per heavy atom. The highest BCUT2D eigenvalue weighted by Crippen LogP contribution is 2.40. The lowest BCUT2D eigenvalue weighted by Crippen LogP contribution is -2.55. The SMILES string of the molecule is O=C(CN1C(=O)C(C(=O)N2CCCC2)Sc2ccccc21)N1CCN(c2cccc(Cl)c2)CC1. The summed E-state index contributed by atoms with van der Waals surface area (Å²) in [6.45, 7) is 3.86. The van der Waals surface area contributed by atoms with Crippen LogP contribution in [-0.4, -0.2) is 78.6 Å². The Labute approximate surface area is 208 Å². The van der Waals surface area contributed by atoms with Crippen LogP contribution < -0.4 is 9.80 Å². The van der Waals surface area contributed by atoms with Crippen LogP contribution in [0.1, 0.15) is 12.8 Å². The van der Waals surface area contributed by atoms with Gasteiger partial charge in [-0.1, -0.05) is 29.8 Å². The third-order valence-corrected chi connectivity index (χ3v) is 8.11. The van der Waals surface area contributed by atoms with E-state index in [0.29, 0.717) is 50.0 Å². The lowest BCUT2D eigenvalue weighted by molar-refractivity contribution is -0.135. The molecule has 7 nitrogen and oxygen atoms in total. The fraction of sp³-hybridized carbons (Fsp3) is 0.400. The predicted molar refractivity (Wildman–Crippen MR) is 134 cm³/mol. The minimum absolute atomic E-state index is 0.0582. The molecule has 178 valence electrons. The molecular formula is C25H27ClN4O3S. The Kier molecular flexibility index (Phi) is 6.70. The standard InChI is InChI=1S/C25H27ClN4O3S/c26-18-6-5-7-19(16-18)27-12-14-28(15-13-27)22(31)17-30-20-8-1-2-9-21(20)34-23(25(30)33)24(32)29-10-3-4-11-29/h1-2,5-9,16,23H,3-4,10-15,17H2. The highest BCUT2D eigenvalue weighted by atomic mass is 35.5. The van der Waals surface area contributed by atoms with E-state index in [4.69, 9.17) is 11.6 Å². The first kappa shape index (κ1) is 23.1. The van der Waals surface area contributed by atoms with Gasteiger partial charge in [-0.05, 0) is 43.2 Å². The molecule has 9 heteroatoms. The Hall–Kier alpha value is -2.71. The molecule has 1 atom stereocenters. The number of nitrogens with zero attached hydrogens (tertiary/aromatic N) is 4. The Balaban J connectivity index is 1.28. The van der Waals surface area contributed by atoms with Gasteiger partial charge in [-0.2, -0.15) is 0 Å². The van der Waals surface area contributed by atoms with Gasteiger partial charge in [-0.25, -0.2) is 0 Å². The second-order valence-electron chi connectivity index (χ2n) is 8.77. The lowest BCUT2D eigenvalue weighted by atomic mass is 10.2. The van der Waals surface area contributed by atoms with Crippen molar-refractivity contribution < 1.29 is 14.4 Å². The van der Waals surface area contributed by atoms with Gasteiger partial charge in [0, 0.05) is 54.9 Å².